The Bertz CT molecular complexity index is 764. The van der Waals surface area contributed by atoms with Crippen LogP contribution in [0.5, 0.6) is 0 Å². The van der Waals surface area contributed by atoms with Gasteiger partial charge in [-0.1, -0.05) is 55.3 Å². The largest absolute Gasteiger partial charge is 0.280 e. The molecule has 4 heteroatoms. The van der Waals surface area contributed by atoms with E-state index in [2.05, 4.69) is 12.0 Å². The van der Waals surface area contributed by atoms with Crippen molar-refractivity contribution in [3.8, 4) is 0 Å². The summed E-state index contributed by atoms with van der Waals surface area (Å²) in [5, 5.41) is 6.69. The molecule has 0 radical (unpaired) electrons. The van der Waals surface area contributed by atoms with Gasteiger partial charge in [-0.15, -0.1) is 0 Å². The Labute approximate surface area is 140 Å². The van der Waals surface area contributed by atoms with Crippen LogP contribution < -0.4 is 5.01 Å². The lowest BCUT2D eigenvalue weighted by atomic mass is 10.0. The Morgan fingerprint density at radius 2 is 1.78 bits per heavy atom. The Morgan fingerprint density at radius 3 is 2.43 bits per heavy atom. The van der Waals surface area contributed by atoms with E-state index in [1.807, 2.05) is 60.7 Å². The monoisotopic (exact) mass is 324 g/mol. The third-order valence-corrected chi connectivity index (χ3v) is 3.87. The van der Waals surface area contributed by atoms with Gasteiger partial charge in [-0.25, -0.2) is 0 Å². The van der Waals surface area contributed by atoms with Crippen molar-refractivity contribution in [1.82, 2.24) is 0 Å². The summed E-state index contributed by atoms with van der Waals surface area (Å²) in [6, 6.07) is 16.9. The highest BCUT2D eigenvalue weighted by molar-refractivity contribution is 6.33. The Kier molecular flexibility index (Phi) is 4.58. The molecule has 0 N–H and O–H groups in total. The SMILES string of the molecule is CCCC1=NN(c2ccccc2)C(=O)/C1=C\c1ccc(Cl)cc1. The predicted molar refractivity (Wildman–Crippen MR) is 95.7 cm³/mol. The highest BCUT2D eigenvalue weighted by atomic mass is 35.5. The minimum Gasteiger partial charge on any atom is -0.267 e. The van der Waals surface area contributed by atoms with Gasteiger partial charge in [0.25, 0.3) is 5.91 Å². The molecule has 1 aliphatic heterocycles. The zero-order chi connectivity index (χ0) is 16.2. The summed E-state index contributed by atoms with van der Waals surface area (Å²) >= 11 is 5.92. The van der Waals surface area contributed by atoms with Crippen molar-refractivity contribution in [3.63, 3.8) is 0 Å². The maximum atomic E-state index is 12.8. The van der Waals surface area contributed by atoms with E-state index in [1.165, 1.54) is 5.01 Å². The molecule has 0 aromatic heterocycles. The summed E-state index contributed by atoms with van der Waals surface area (Å²) in [6.45, 7) is 2.08. The summed E-state index contributed by atoms with van der Waals surface area (Å²) in [7, 11) is 0. The number of hydrogen-bond donors (Lipinski definition) is 0. The highest BCUT2D eigenvalue weighted by Gasteiger charge is 2.30. The molecule has 3 nitrogen and oxygen atoms in total. The summed E-state index contributed by atoms with van der Waals surface area (Å²) in [4.78, 5) is 12.8. The number of hydrogen-bond acceptors (Lipinski definition) is 2. The quantitative estimate of drug-likeness (QED) is 0.734. The third-order valence-electron chi connectivity index (χ3n) is 3.62. The molecular weight excluding hydrogens is 308 g/mol. The van der Waals surface area contributed by atoms with Crippen LogP contribution in [0.2, 0.25) is 5.02 Å². The molecule has 0 spiro atoms. The number of carbonyl (C=O) groups is 1. The number of rotatable bonds is 4. The van der Waals surface area contributed by atoms with Crippen LogP contribution in [0.15, 0.2) is 65.3 Å². The number of halogens is 1. The van der Waals surface area contributed by atoms with E-state index in [-0.39, 0.29) is 5.91 Å². The molecule has 0 saturated carbocycles. The van der Waals surface area contributed by atoms with Gasteiger partial charge in [0.15, 0.2) is 0 Å². The van der Waals surface area contributed by atoms with Crippen LogP contribution in [0, 0.1) is 0 Å². The predicted octanol–water partition coefficient (Wildman–Crippen LogP) is 4.93. The maximum Gasteiger partial charge on any atom is 0.280 e. The van der Waals surface area contributed by atoms with E-state index < -0.39 is 0 Å². The Balaban J connectivity index is 1.98. The molecule has 3 rings (SSSR count). The Hall–Kier alpha value is -2.39. The van der Waals surface area contributed by atoms with Gasteiger partial charge >= 0.3 is 0 Å². The van der Waals surface area contributed by atoms with Gasteiger partial charge in [0.05, 0.1) is 17.0 Å². The van der Waals surface area contributed by atoms with Gasteiger partial charge in [0.1, 0.15) is 0 Å². The maximum absolute atomic E-state index is 12.8. The summed E-state index contributed by atoms with van der Waals surface area (Å²) in [6.07, 6.45) is 3.59. The van der Waals surface area contributed by atoms with Crippen molar-refractivity contribution in [2.45, 2.75) is 19.8 Å². The van der Waals surface area contributed by atoms with Gasteiger partial charge < -0.3 is 0 Å². The summed E-state index contributed by atoms with van der Waals surface area (Å²) in [5.74, 6) is -0.0883. The van der Waals surface area contributed by atoms with Gasteiger partial charge in [0, 0.05) is 5.02 Å². The van der Waals surface area contributed by atoms with Crippen LogP contribution in [0.4, 0.5) is 5.69 Å². The topological polar surface area (TPSA) is 32.7 Å². The molecule has 1 aliphatic rings. The van der Waals surface area contributed by atoms with Gasteiger partial charge in [-0.3, -0.25) is 4.79 Å². The average Bonchev–Trinajstić information content (AvgIpc) is 2.87. The standard InChI is InChI=1S/C19H17ClN2O/c1-2-6-18-17(13-14-9-11-15(20)12-10-14)19(23)22(21-18)16-7-4-3-5-8-16/h3-5,7-13H,2,6H2,1H3/b17-13-. The summed E-state index contributed by atoms with van der Waals surface area (Å²) in [5.41, 5.74) is 3.21. The molecular formula is C19H17ClN2O. The molecule has 1 amide bonds. The van der Waals surface area contributed by atoms with Gasteiger partial charge in [-0.2, -0.15) is 10.1 Å². The van der Waals surface area contributed by atoms with E-state index in [4.69, 9.17) is 11.6 Å². The number of amides is 1. The van der Waals surface area contributed by atoms with Crippen molar-refractivity contribution < 1.29 is 4.79 Å². The highest BCUT2D eigenvalue weighted by Crippen LogP contribution is 2.26. The van der Waals surface area contributed by atoms with E-state index >= 15 is 0 Å². The second kappa shape index (κ2) is 6.80. The van der Waals surface area contributed by atoms with Crippen LogP contribution in [-0.4, -0.2) is 11.6 Å². The number of anilines is 1. The Morgan fingerprint density at radius 1 is 1.09 bits per heavy atom. The zero-order valence-electron chi connectivity index (χ0n) is 12.9. The molecule has 0 unspecified atom stereocenters. The number of carbonyl (C=O) groups excluding carboxylic acids is 1. The number of para-hydroxylation sites is 1. The lowest BCUT2D eigenvalue weighted by Gasteiger charge is -2.10. The first-order valence-electron chi connectivity index (χ1n) is 7.63. The van der Waals surface area contributed by atoms with E-state index in [9.17, 15) is 4.79 Å². The van der Waals surface area contributed by atoms with Crippen molar-refractivity contribution in [1.29, 1.82) is 0 Å². The van der Waals surface area contributed by atoms with Gasteiger partial charge in [0.2, 0.25) is 0 Å². The minimum absolute atomic E-state index is 0.0883. The van der Waals surface area contributed by atoms with Crippen molar-refractivity contribution >= 4 is 35.0 Å². The molecule has 1 heterocycles. The van der Waals surface area contributed by atoms with E-state index in [0.29, 0.717) is 10.6 Å². The van der Waals surface area contributed by atoms with Crippen molar-refractivity contribution in [2.75, 3.05) is 5.01 Å². The molecule has 0 atom stereocenters. The van der Waals surface area contributed by atoms with Crippen LogP contribution in [0.3, 0.4) is 0 Å². The molecule has 0 fully saturated rings. The molecule has 0 aliphatic carbocycles. The normalized spacial score (nSPS) is 16.1. The molecule has 23 heavy (non-hydrogen) atoms. The molecule has 2 aromatic rings. The number of hydrazone groups is 1. The summed E-state index contributed by atoms with van der Waals surface area (Å²) < 4.78 is 0. The first-order valence-corrected chi connectivity index (χ1v) is 8.01. The van der Waals surface area contributed by atoms with Crippen LogP contribution in [0.1, 0.15) is 25.3 Å². The first kappa shape index (κ1) is 15.5. The zero-order valence-corrected chi connectivity index (χ0v) is 13.6. The second-order valence-corrected chi connectivity index (χ2v) is 5.80. The van der Waals surface area contributed by atoms with E-state index in [1.54, 1.807) is 0 Å². The van der Waals surface area contributed by atoms with Crippen molar-refractivity contribution in [2.24, 2.45) is 5.10 Å². The third kappa shape index (κ3) is 3.35. The minimum atomic E-state index is -0.0883. The average molecular weight is 325 g/mol. The molecule has 2 aromatic carbocycles. The van der Waals surface area contributed by atoms with E-state index in [0.717, 1.165) is 29.8 Å². The lowest BCUT2D eigenvalue weighted by Crippen LogP contribution is -2.21. The lowest BCUT2D eigenvalue weighted by molar-refractivity contribution is -0.114. The van der Waals surface area contributed by atoms with Gasteiger partial charge in [-0.05, 0) is 42.3 Å². The van der Waals surface area contributed by atoms with Crippen molar-refractivity contribution in [3.05, 3.63) is 70.8 Å². The van der Waals surface area contributed by atoms with Crippen LogP contribution >= 0.6 is 11.6 Å². The fourth-order valence-electron chi connectivity index (χ4n) is 2.49. The molecule has 116 valence electrons. The molecule has 0 bridgehead atoms. The fourth-order valence-corrected chi connectivity index (χ4v) is 2.62. The number of benzene rings is 2. The molecule has 0 saturated heterocycles. The first-order chi connectivity index (χ1) is 11.2. The second-order valence-electron chi connectivity index (χ2n) is 5.36. The van der Waals surface area contributed by atoms with Crippen LogP contribution in [0.25, 0.3) is 6.08 Å². The van der Waals surface area contributed by atoms with Crippen LogP contribution in [-0.2, 0) is 4.79 Å². The number of nitrogens with zero attached hydrogens (tertiary/aromatic N) is 2. The smallest absolute Gasteiger partial charge is 0.267 e. The fraction of sp³-hybridized carbons (Fsp3) is 0.158.